The number of hydrogen-bond acceptors (Lipinski definition) is 6. The van der Waals surface area contributed by atoms with E-state index in [1.54, 1.807) is 0 Å². The van der Waals surface area contributed by atoms with Gasteiger partial charge in [0.2, 0.25) is 0 Å². The lowest BCUT2D eigenvalue weighted by Gasteiger charge is -2.41. The number of nitrogens with zero attached hydrogens (tertiary/aromatic N) is 3. The van der Waals surface area contributed by atoms with E-state index >= 15 is 0 Å². The Morgan fingerprint density at radius 3 is 2.56 bits per heavy atom. The molecule has 0 atom stereocenters. The van der Waals surface area contributed by atoms with Gasteiger partial charge in [0.25, 0.3) is 0 Å². The van der Waals surface area contributed by atoms with Gasteiger partial charge in [0.05, 0.1) is 13.2 Å². The highest BCUT2D eigenvalue weighted by Gasteiger charge is 2.33. The summed E-state index contributed by atoms with van der Waals surface area (Å²) in [5, 5.41) is 3.60. The highest BCUT2D eigenvalue weighted by molar-refractivity contribution is 5.39. The highest BCUT2D eigenvalue weighted by atomic mass is 16.5. The molecule has 1 aliphatic heterocycles. The molecule has 3 aliphatic rings. The van der Waals surface area contributed by atoms with Crippen molar-refractivity contribution in [2.24, 2.45) is 5.73 Å². The summed E-state index contributed by atoms with van der Waals surface area (Å²) in [5.74, 6) is 3.10. The molecule has 0 spiro atoms. The largest absolute Gasteiger partial charge is 0.379 e. The average molecular weight is 345 g/mol. The van der Waals surface area contributed by atoms with Crippen molar-refractivity contribution < 1.29 is 4.74 Å². The Morgan fingerprint density at radius 1 is 1.20 bits per heavy atom. The van der Waals surface area contributed by atoms with Crippen LogP contribution in [-0.4, -0.2) is 59.3 Å². The molecular weight excluding hydrogens is 314 g/mol. The molecular formula is C19H31N5O. The lowest BCUT2D eigenvalue weighted by Crippen LogP contribution is -2.53. The van der Waals surface area contributed by atoms with E-state index in [9.17, 15) is 0 Å². The number of nitrogens with two attached hydrogens (primary N) is 1. The molecule has 25 heavy (non-hydrogen) atoms. The Bertz CT molecular complexity index is 604. The summed E-state index contributed by atoms with van der Waals surface area (Å²) in [6, 6.07) is 2.50. The number of anilines is 1. The molecule has 3 N–H and O–H groups in total. The van der Waals surface area contributed by atoms with Crippen LogP contribution in [0.3, 0.4) is 0 Å². The van der Waals surface area contributed by atoms with E-state index < -0.39 is 0 Å². The lowest BCUT2D eigenvalue weighted by atomic mass is 9.78. The minimum absolute atomic E-state index is 0.0768. The first kappa shape index (κ1) is 17.2. The summed E-state index contributed by atoms with van der Waals surface area (Å²) in [6.45, 7) is 9.11. The molecule has 0 bridgehead atoms. The first-order valence-electron chi connectivity index (χ1n) is 9.72. The zero-order valence-electron chi connectivity index (χ0n) is 15.5. The van der Waals surface area contributed by atoms with Crippen LogP contribution in [0.5, 0.6) is 0 Å². The molecule has 138 valence electrons. The van der Waals surface area contributed by atoms with Crippen LogP contribution in [0.2, 0.25) is 0 Å². The summed E-state index contributed by atoms with van der Waals surface area (Å²) < 4.78 is 5.48. The molecule has 0 aromatic carbocycles. The standard InChI is InChI=1S/C19H31N5O/c1-19(2,24-5-7-25-8-6-24)12-21-17-11-16(14-9-15(20)10-14)22-18(23-17)13-3-4-13/h11,13-15H,3-10,12,20H2,1-2H3,(H,21,22,23). The summed E-state index contributed by atoms with van der Waals surface area (Å²) in [7, 11) is 0. The number of ether oxygens (including phenoxy) is 1. The van der Waals surface area contributed by atoms with Gasteiger partial charge in [-0.15, -0.1) is 0 Å². The van der Waals surface area contributed by atoms with Gasteiger partial charge in [-0.25, -0.2) is 9.97 Å². The summed E-state index contributed by atoms with van der Waals surface area (Å²) in [4.78, 5) is 12.2. The van der Waals surface area contributed by atoms with Gasteiger partial charge in [-0.05, 0) is 39.5 Å². The van der Waals surface area contributed by atoms with Crippen molar-refractivity contribution >= 4 is 5.82 Å². The maximum absolute atomic E-state index is 5.98. The number of morpholine rings is 1. The van der Waals surface area contributed by atoms with Crippen LogP contribution in [0.1, 0.15) is 62.9 Å². The van der Waals surface area contributed by atoms with Gasteiger partial charge in [0.15, 0.2) is 0 Å². The van der Waals surface area contributed by atoms with Gasteiger partial charge in [-0.2, -0.15) is 0 Å². The SMILES string of the molecule is CC(C)(CNc1cc(C2CC(N)C2)nc(C2CC2)n1)N1CCOCC1. The molecule has 3 fully saturated rings. The fourth-order valence-electron chi connectivity index (χ4n) is 3.80. The van der Waals surface area contributed by atoms with Crippen LogP contribution in [-0.2, 0) is 4.74 Å². The average Bonchev–Trinajstić information content (AvgIpc) is 3.43. The van der Waals surface area contributed by atoms with Gasteiger partial charge >= 0.3 is 0 Å². The normalized spacial score (nSPS) is 27.8. The first-order chi connectivity index (χ1) is 12.0. The van der Waals surface area contributed by atoms with Crippen LogP contribution in [0.15, 0.2) is 6.07 Å². The second kappa shape index (κ2) is 6.82. The number of aromatic nitrogens is 2. The molecule has 6 heteroatoms. The summed E-state index contributed by atoms with van der Waals surface area (Å²) in [6.07, 6.45) is 4.57. The Hall–Kier alpha value is -1.24. The van der Waals surface area contributed by atoms with Crippen molar-refractivity contribution in [3.8, 4) is 0 Å². The third kappa shape index (κ3) is 3.96. The lowest BCUT2D eigenvalue weighted by molar-refractivity contribution is -0.00570. The summed E-state index contributed by atoms with van der Waals surface area (Å²) >= 11 is 0. The summed E-state index contributed by atoms with van der Waals surface area (Å²) in [5.41, 5.74) is 7.24. The Labute approximate surface area is 150 Å². The molecule has 2 saturated carbocycles. The van der Waals surface area contributed by atoms with E-state index in [1.165, 1.54) is 18.5 Å². The molecule has 0 amide bonds. The quantitative estimate of drug-likeness (QED) is 0.822. The predicted molar refractivity (Wildman–Crippen MR) is 98.9 cm³/mol. The number of nitrogens with one attached hydrogen (secondary N) is 1. The van der Waals surface area contributed by atoms with Gasteiger partial charge in [-0.1, -0.05) is 0 Å². The topological polar surface area (TPSA) is 76.3 Å². The Morgan fingerprint density at radius 2 is 1.92 bits per heavy atom. The first-order valence-corrected chi connectivity index (χ1v) is 9.72. The van der Waals surface area contributed by atoms with Gasteiger partial charge in [-0.3, -0.25) is 4.90 Å². The van der Waals surface area contributed by atoms with Gasteiger partial charge < -0.3 is 15.8 Å². The van der Waals surface area contributed by atoms with Crippen molar-refractivity contribution in [1.29, 1.82) is 0 Å². The van der Waals surface area contributed by atoms with Crippen molar-refractivity contribution in [1.82, 2.24) is 14.9 Å². The predicted octanol–water partition coefficient (Wildman–Crippen LogP) is 2.08. The van der Waals surface area contributed by atoms with E-state index in [4.69, 9.17) is 20.4 Å². The van der Waals surface area contributed by atoms with E-state index in [-0.39, 0.29) is 5.54 Å². The van der Waals surface area contributed by atoms with Crippen molar-refractivity contribution in [3.05, 3.63) is 17.6 Å². The molecule has 4 rings (SSSR count). The minimum atomic E-state index is 0.0768. The van der Waals surface area contributed by atoms with E-state index in [1.807, 2.05) is 0 Å². The van der Waals surface area contributed by atoms with Crippen LogP contribution in [0, 0.1) is 0 Å². The second-order valence-electron chi connectivity index (χ2n) is 8.50. The van der Waals surface area contributed by atoms with Crippen molar-refractivity contribution in [2.45, 2.75) is 62.9 Å². The molecule has 1 aromatic heterocycles. The van der Waals surface area contributed by atoms with E-state index in [0.717, 1.165) is 57.3 Å². The van der Waals surface area contributed by atoms with Crippen LogP contribution in [0.4, 0.5) is 5.82 Å². The zero-order valence-corrected chi connectivity index (χ0v) is 15.5. The number of hydrogen-bond donors (Lipinski definition) is 2. The third-order valence-electron chi connectivity index (χ3n) is 5.87. The molecule has 2 heterocycles. The van der Waals surface area contributed by atoms with Crippen molar-refractivity contribution in [2.75, 3.05) is 38.2 Å². The van der Waals surface area contributed by atoms with Crippen LogP contribution < -0.4 is 11.1 Å². The monoisotopic (exact) mass is 345 g/mol. The molecule has 0 unspecified atom stereocenters. The Kier molecular flexibility index (Phi) is 4.69. The van der Waals surface area contributed by atoms with Crippen molar-refractivity contribution in [3.63, 3.8) is 0 Å². The third-order valence-corrected chi connectivity index (χ3v) is 5.87. The van der Waals surface area contributed by atoms with Gasteiger partial charge in [0.1, 0.15) is 11.6 Å². The fourth-order valence-corrected chi connectivity index (χ4v) is 3.80. The van der Waals surface area contributed by atoms with E-state index in [2.05, 4.69) is 30.1 Å². The minimum Gasteiger partial charge on any atom is -0.379 e. The highest BCUT2D eigenvalue weighted by Crippen LogP contribution is 2.41. The maximum atomic E-state index is 5.98. The number of rotatable bonds is 6. The van der Waals surface area contributed by atoms with Crippen LogP contribution in [0.25, 0.3) is 0 Å². The smallest absolute Gasteiger partial charge is 0.134 e. The molecule has 1 aromatic rings. The second-order valence-corrected chi connectivity index (χ2v) is 8.50. The van der Waals surface area contributed by atoms with Crippen LogP contribution >= 0.6 is 0 Å². The zero-order chi connectivity index (χ0) is 17.4. The maximum Gasteiger partial charge on any atom is 0.134 e. The molecule has 0 radical (unpaired) electrons. The van der Waals surface area contributed by atoms with Gasteiger partial charge in [0, 0.05) is 54.8 Å². The molecule has 6 nitrogen and oxygen atoms in total. The van der Waals surface area contributed by atoms with E-state index in [0.29, 0.717) is 17.9 Å². The molecule has 2 aliphatic carbocycles. The Balaban J connectivity index is 1.45. The fraction of sp³-hybridized carbons (Fsp3) is 0.789. The molecule has 1 saturated heterocycles.